The Balaban J connectivity index is 1.12. The third kappa shape index (κ3) is 9.53. The van der Waals surface area contributed by atoms with Crippen molar-refractivity contribution < 1.29 is 33.4 Å². The summed E-state index contributed by atoms with van der Waals surface area (Å²) < 4.78 is 19.7. The van der Waals surface area contributed by atoms with E-state index in [2.05, 4.69) is 25.2 Å². The fraction of sp³-hybridized carbons (Fsp3) is 0.333. The Bertz CT molecular complexity index is 3210. The van der Waals surface area contributed by atoms with E-state index in [9.17, 15) is 24.0 Å². The molecular formula is C48H54N14O7. The number of nitrogens with zero attached hydrogens (tertiary/aromatic N) is 11. The Morgan fingerprint density at radius 3 is 2.26 bits per heavy atom. The molecule has 0 atom stereocenters. The number of nitrogens with two attached hydrogens (primary N) is 2. The number of fused-ring (bicyclic) bond motifs is 4. The van der Waals surface area contributed by atoms with Crippen LogP contribution in [-0.2, 0) is 47.1 Å². The van der Waals surface area contributed by atoms with Gasteiger partial charge in [0, 0.05) is 82.4 Å². The standard InChI is InChI=1S/C48H54N14O7/c1-7-61-35(20-28(3)55-61)33-26-36-43(54-53-33)32-22-30(27-49)23-38(68-6)44(32)58(36)16-9-10-17-60-45-34(51-48(60)52-47(67)37-21-29(4)56-62(37)8-2)24-31(46(50)66)25-39(45)69-19-11-15-57(5)40(63)14-18-59-41(64)12-13-42(59)65/h9-10,12-13,20-26H,7-8,11,14-19,27,49H2,1-6H3,(H2,50,66)(H,51,52,67)/b10-9+. The molecule has 6 heterocycles. The van der Waals surface area contributed by atoms with Crippen LogP contribution in [0.3, 0.4) is 0 Å². The normalized spacial score (nSPS) is 12.7. The van der Waals surface area contributed by atoms with Gasteiger partial charge in [-0.3, -0.25) is 43.6 Å². The fourth-order valence-electron chi connectivity index (χ4n) is 8.51. The molecule has 0 radical (unpaired) electrons. The number of hydrogen-bond donors (Lipinski definition) is 3. The summed E-state index contributed by atoms with van der Waals surface area (Å²) in [6, 6.07) is 12.7. The van der Waals surface area contributed by atoms with Crippen molar-refractivity contribution in [3.63, 3.8) is 0 Å². The smallest absolute Gasteiger partial charge is 0.276 e. The van der Waals surface area contributed by atoms with E-state index in [1.165, 1.54) is 23.1 Å². The van der Waals surface area contributed by atoms with Crippen LogP contribution in [0.5, 0.6) is 11.5 Å². The first kappa shape index (κ1) is 47.3. The molecule has 8 rings (SSSR count). The maximum absolute atomic E-state index is 13.9. The lowest BCUT2D eigenvalue weighted by Gasteiger charge is -2.19. The maximum Gasteiger partial charge on any atom is 0.276 e. The van der Waals surface area contributed by atoms with Gasteiger partial charge >= 0.3 is 0 Å². The first-order valence-corrected chi connectivity index (χ1v) is 22.6. The van der Waals surface area contributed by atoms with Crippen LogP contribution in [0.25, 0.3) is 44.4 Å². The van der Waals surface area contributed by atoms with Gasteiger partial charge in [0.15, 0.2) is 0 Å². The summed E-state index contributed by atoms with van der Waals surface area (Å²) in [7, 11) is 3.25. The molecule has 0 aliphatic carbocycles. The summed E-state index contributed by atoms with van der Waals surface area (Å²) in [6.45, 7) is 10.00. The van der Waals surface area contributed by atoms with Crippen LogP contribution in [0, 0.1) is 13.8 Å². The van der Waals surface area contributed by atoms with Crippen LogP contribution < -0.4 is 26.3 Å². The zero-order chi connectivity index (χ0) is 49.1. The molecule has 1 aliphatic heterocycles. The van der Waals surface area contributed by atoms with Gasteiger partial charge < -0.3 is 35.0 Å². The number of hydrogen-bond acceptors (Lipinski definition) is 13. The second kappa shape index (κ2) is 20.0. The number of rotatable bonds is 20. The van der Waals surface area contributed by atoms with E-state index < -0.39 is 23.6 Å². The van der Waals surface area contributed by atoms with E-state index in [4.69, 9.17) is 31.0 Å². The monoisotopic (exact) mass is 938 g/mol. The lowest BCUT2D eigenvalue weighted by molar-refractivity contribution is -0.138. The summed E-state index contributed by atoms with van der Waals surface area (Å²) in [6.07, 6.45) is 6.64. The number of allylic oxidation sites excluding steroid dienone is 2. The number of amides is 5. The van der Waals surface area contributed by atoms with E-state index in [1.54, 1.807) is 42.5 Å². The number of aromatic nitrogens is 9. The Hall–Kier alpha value is -8.20. The average Bonchev–Trinajstić information content (AvgIpc) is 4.16. The van der Waals surface area contributed by atoms with Gasteiger partial charge in [-0.15, -0.1) is 10.2 Å². The molecule has 0 saturated carbocycles. The SMILES string of the molecule is CCn1nc(C)cc1C(=O)Nc1nc2cc(C(N)=O)cc(OCCCN(C)C(=O)CCN3C(=O)C=CC3=O)c2n1C/C=C/Cn1c2cc(-c3cc(C)nn3CC)nnc2c2cc(CN)cc(OC)c21. The first-order chi connectivity index (χ1) is 33.2. The van der Waals surface area contributed by atoms with Gasteiger partial charge in [-0.2, -0.15) is 10.2 Å². The molecule has 0 bridgehead atoms. The van der Waals surface area contributed by atoms with E-state index in [0.717, 1.165) is 38.3 Å². The number of imidazole rings is 1. The average molecular weight is 939 g/mol. The van der Waals surface area contributed by atoms with Crippen molar-refractivity contribution in [3.8, 4) is 22.9 Å². The lowest BCUT2D eigenvalue weighted by Crippen LogP contribution is -2.36. The quantitative estimate of drug-likeness (QED) is 0.0549. The lowest BCUT2D eigenvalue weighted by atomic mass is 10.1. The first-order valence-electron chi connectivity index (χ1n) is 22.6. The van der Waals surface area contributed by atoms with Crippen molar-refractivity contribution >= 4 is 68.5 Å². The van der Waals surface area contributed by atoms with Gasteiger partial charge in [0.25, 0.3) is 17.7 Å². The largest absolute Gasteiger partial charge is 0.495 e. The highest BCUT2D eigenvalue weighted by Crippen LogP contribution is 2.37. The summed E-state index contributed by atoms with van der Waals surface area (Å²) in [5.74, 6) is -1.22. The Kier molecular flexibility index (Phi) is 13.7. The van der Waals surface area contributed by atoms with Gasteiger partial charge in [-0.05, 0) is 82.1 Å². The molecule has 0 saturated heterocycles. The molecule has 358 valence electrons. The second-order valence-electron chi connectivity index (χ2n) is 16.6. The molecule has 0 fully saturated rings. The molecule has 5 amide bonds. The van der Waals surface area contributed by atoms with Gasteiger partial charge in [-0.1, -0.05) is 12.2 Å². The third-order valence-electron chi connectivity index (χ3n) is 11.9. The van der Waals surface area contributed by atoms with Gasteiger partial charge in [0.2, 0.25) is 17.8 Å². The van der Waals surface area contributed by atoms with E-state index in [0.29, 0.717) is 78.5 Å². The van der Waals surface area contributed by atoms with Gasteiger partial charge in [-0.25, -0.2) is 4.98 Å². The van der Waals surface area contributed by atoms with Crippen molar-refractivity contribution in [2.24, 2.45) is 11.5 Å². The molecule has 69 heavy (non-hydrogen) atoms. The van der Waals surface area contributed by atoms with E-state index in [1.807, 2.05) is 61.9 Å². The predicted molar refractivity (Wildman–Crippen MR) is 257 cm³/mol. The number of primary amides is 1. The zero-order valence-electron chi connectivity index (χ0n) is 39.4. The van der Waals surface area contributed by atoms with Crippen molar-refractivity contribution in [1.29, 1.82) is 0 Å². The molecule has 2 aromatic carbocycles. The van der Waals surface area contributed by atoms with Crippen LogP contribution >= 0.6 is 0 Å². The third-order valence-corrected chi connectivity index (χ3v) is 11.9. The predicted octanol–water partition coefficient (Wildman–Crippen LogP) is 4.27. The summed E-state index contributed by atoms with van der Waals surface area (Å²) >= 11 is 0. The Morgan fingerprint density at radius 1 is 0.855 bits per heavy atom. The minimum absolute atomic E-state index is 0.0239. The number of benzene rings is 2. The van der Waals surface area contributed by atoms with Gasteiger partial charge in [0.05, 0.1) is 47.3 Å². The van der Waals surface area contributed by atoms with Crippen LogP contribution in [0.2, 0.25) is 0 Å². The van der Waals surface area contributed by atoms with E-state index in [-0.39, 0.29) is 49.3 Å². The summed E-state index contributed by atoms with van der Waals surface area (Å²) in [5, 5.41) is 22.3. The molecule has 1 aliphatic rings. The minimum atomic E-state index is -0.707. The van der Waals surface area contributed by atoms with Crippen molar-refractivity contribution in [2.45, 2.75) is 73.3 Å². The molecule has 21 nitrogen and oxygen atoms in total. The van der Waals surface area contributed by atoms with Crippen molar-refractivity contribution in [2.75, 3.05) is 39.2 Å². The van der Waals surface area contributed by atoms with Crippen molar-refractivity contribution in [3.05, 3.63) is 95.0 Å². The number of anilines is 1. The topological polar surface area (TPSA) is 259 Å². The van der Waals surface area contributed by atoms with E-state index >= 15 is 0 Å². The Labute approximate surface area is 396 Å². The molecular weight excluding hydrogens is 885 g/mol. The number of methoxy groups -OCH3 is 1. The van der Waals surface area contributed by atoms with Crippen LogP contribution in [0.4, 0.5) is 5.95 Å². The number of aryl methyl sites for hydroxylation is 4. The number of ether oxygens (including phenoxy) is 2. The highest BCUT2D eigenvalue weighted by atomic mass is 16.5. The molecule has 21 heteroatoms. The number of carbonyl (C=O) groups is 5. The molecule has 0 spiro atoms. The fourth-order valence-corrected chi connectivity index (χ4v) is 8.51. The van der Waals surface area contributed by atoms with Crippen molar-refractivity contribution in [1.82, 2.24) is 53.7 Å². The Morgan fingerprint density at radius 2 is 1.57 bits per heavy atom. The highest BCUT2D eigenvalue weighted by molar-refractivity contribution is 6.13. The number of carbonyl (C=O) groups excluding carboxylic acids is 5. The van der Waals surface area contributed by atoms with Gasteiger partial charge in [0.1, 0.15) is 33.9 Å². The minimum Gasteiger partial charge on any atom is -0.495 e. The number of imide groups is 1. The van der Waals surface area contributed by atoms with Crippen LogP contribution in [-0.4, -0.2) is 117 Å². The molecule has 5 aromatic heterocycles. The zero-order valence-corrected chi connectivity index (χ0v) is 39.4. The summed E-state index contributed by atoms with van der Waals surface area (Å²) in [4.78, 5) is 70.8. The van der Waals surface area contributed by atoms with Crippen LogP contribution in [0.1, 0.15) is 64.5 Å². The number of nitrogens with one attached hydrogen (secondary N) is 1. The van der Waals surface area contributed by atoms with Crippen LogP contribution in [0.15, 0.2) is 66.8 Å². The highest BCUT2D eigenvalue weighted by Gasteiger charge is 2.26. The summed E-state index contributed by atoms with van der Waals surface area (Å²) in [5.41, 5.74) is 19.4. The second-order valence-corrected chi connectivity index (χ2v) is 16.6. The molecule has 7 aromatic rings. The molecule has 0 unspecified atom stereocenters. The maximum atomic E-state index is 13.9. The molecule has 5 N–H and O–H groups in total.